The van der Waals surface area contributed by atoms with Crippen molar-refractivity contribution in [3.05, 3.63) is 0 Å². The maximum atomic E-state index is 12.6. The van der Waals surface area contributed by atoms with Gasteiger partial charge in [-0.15, -0.1) is 0 Å². The molecule has 1 heterocycles. The van der Waals surface area contributed by atoms with E-state index in [0.717, 1.165) is 51.6 Å². The Hall–Kier alpha value is -0.650. The number of nitrogens with zero attached hydrogens (tertiary/aromatic N) is 2. The summed E-state index contributed by atoms with van der Waals surface area (Å²) in [6.07, 6.45) is 6.63. The van der Waals surface area contributed by atoms with Crippen LogP contribution in [0.5, 0.6) is 0 Å². The summed E-state index contributed by atoms with van der Waals surface area (Å²) < 4.78 is 0. The van der Waals surface area contributed by atoms with E-state index in [1.807, 2.05) is 4.90 Å². The maximum Gasteiger partial charge on any atom is 0.224 e. The highest BCUT2D eigenvalue weighted by Crippen LogP contribution is 2.31. The van der Waals surface area contributed by atoms with Crippen LogP contribution in [0.4, 0.5) is 0 Å². The summed E-state index contributed by atoms with van der Waals surface area (Å²) in [4.78, 5) is 16.8. The Labute approximate surface area is 122 Å². The van der Waals surface area contributed by atoms with Crippen molar-refractivity contribution >= 4 is 5.91 Å². The van der Waals surface area contributed by atoms with Crippen LogP contribution >= 0.6 is 0 Å². The minimum Gasteiger partial charge on any atom is -0.395 e. The third kappa shape index (κ3) is 3.93. The van der Waals surface area contributed by atoms with Gasteiger partial charge in [0.25, 0.3) is 0 Å². The van der Waals surface area contributed by atoms with Gasteiger partial charge in [-0.3, -0.25) is 4.79 Å². The highest BCUT2D eigenvalue weighted by Gasteiger charge is 2.35. The van der Waals surface area contributed by atoms with Crippen LogP contribution in [0.2, 0.25) is 0 Å². The van der Waals surface area contributed by atoms with Gasteiger partial charge in [-0.2, -0.15) is 0 Å². The first-order valence-corrected chi connectivity index (χ1v) is 7.92. The molecule has 3 N–H and O–H groups in total. The number of aliphatic hydroxyl groups is 1. The summed E-state index contributed by atoms with van der Waals surface area (Å²) in [5, 5.41) is 9.26. The minimum atomic E-state index is -0.295. The van der Waals surface area contributed by atoms with Crippen LogP contribution in [0.25, 0.3) is 0 Å². The first-order valence-electron chi connectivity index (χ1n) is 7.92. The predicted molar refractivity (Wildman–Crippen MR) is 79.3 cm³/mol. The lowest BCUT2D eigenvalue weighted by Crippen LogP contribution is -2.50. The van der Waals surface area contributed by atoms with Crippen molar-refractivity contribution < 1.29 is 9.90 Å². The van der Waals surface area contributed by atoms with Gasteiger partial charge in [0.1, 0.15) is 0 Å². The number of carbonyl (C=O) groups excluding carboxylic acids is 1. The third-order valence-electron chi connectivity index (χ3n) is 4.89. The molecule has 0 atom stereocenters. The van der Waals surface area contributed by atoms with Crippen LogP contribution in [-0.2, 0) is 4.79 Å². The van der Waals surface area contributed by atoms with Crippen LogP contribution in [0.3, 0.4) is 0 Å². The van der Waals surface area contributed by atoms with Crippen molar-refractivity contribution in [2.75, 3.05) is 33.3 Å². The lowest BCUT2D eigenvalue weighted by molar-refractivity contribution is -0.136. The molecule has 1 aliphatic carbocycles. The van der Waals surface area contributed by atoms with Crippen LogP contribution in [0, 0.1) is 0 Å². The number of hydrogen-bond acceptors (Lipinski definition) is 4. The fourth-order valence-electron chi connectivity index (χ4n) is 3.58. The number of aliphatic hydroxyl groups excluding tert-OH is 1. The lowest BCUT2D eigenvalue weighted by Gasteiger charge is -2.38. The second-order valence-electron chi connectivity index (χ2n) is 6.59. The smallest absolute Gasteiger partial charge is 0.224 e. The Morgan fingerprint density at radius 2 is 1.95 bits per heavy atom. The van der Waals surface area contributed by atoms with Crippen molar-refractivity contribution in [1.82, 2.24) is 9.80 Å². The molecule has 1 saturated heterocycles. The molecule has 0 aromatic heterocycles. The summed E-state index contributed by atoms with van der Waals surface area (Å²) in [7, 11) is 2.11. The summed E-state index contributed by atoms with van der Waals surface area (Å²) >= 11 is 0. The van der Waals surface area contributed by atoms with Gasteiger partial charge < -0.3 is 20.6 Å². The van der Waals surface area contributed by atoms with Gasteiger partial charge in [-0.25, -0.2) is 0 Å². The third-order valence-corrected chi connectivity index (χ3v) is 4.89. The van der Waals surface area contributed by atoms with Crippen molar-refractivity contribution in [2.24, 2.45) is 5.73 Å². The van der Waals surface area contributed by atoms with Crippen molar-refractivity contribution in [3.63, 3.8) is 0 Å². The molecule has 2 rings (SSSR count). The van der Waals surface area contributed by atoms with E-state index >= 15 is 0 Å². The zero-order valence-electron chi connectivity index (χ0n) is 12.7. The van der Waals surface area contributed by atoms with Gasteiger partial charge in [0, 0.05) is 24.5 Å². The molecule has 1 saturated carbocycles. The highest BCUT2D eigenvalue weighted by molar-refractivity contribution is 5.78. The fourth-order valence-corrected chi connectivity index (χ4v) is 3.58. The van der Waals surface area contributed by atoms with Crippen molar-refractivity contribution in [1.29, 1.82) is 0 Å². The van der Waals surface area contributed by atoms with E-state index in [-0.39, 0.29) is 24.1 Å². The molecule has 0 radical (unpaired) electrons. The first-order chi connectivity index (χ1) is 9.54. The molecule has 0 spiro atoms. The Balaban J connectivity index is 1.94. The standard InChI is InChI=1S/C15H29N3O2/c1-17-8-4-13(5-9-17)18(10-11-19)14(20)12-15(16)6-2-3-7-15/h13,19H,2-12,16H2,1H3. The van der Waals surface area contributed by atoms with E-state index in [2.05, 4.69) is 11.9 Å². The maximum absolute atomic E-state index is 12.6. The van der Waals surface area contributed by atoms with Crippen molar-refractivity contribution in [3.8, 4) is 0 Å². The molecule has 5 nitrogen and oxygen atoms in total. The molecule has 0 aromatic rings. The number of nitrogens with two attached hydrogens (primary N) is 1. The van der Waals surface area contributed by atoms with Crippen LogP contribution < -0.4 is 5.73 Å². The Morgan fingerprint density at radius 1 is 1.35 bits per heavy atom. The van der Waals surface area contributed by atoms with E-state index in [4.69, 9.17) is 5.73 Å². The molecule has 1 amide bonds. The van der Waals surface area contributed by atoms with E-state index in [1.165, 1.54) is 0 Å². The molecule has 1 aliphatic heterocycles. The first kappa shape index (κ1) is 15.7. The molecular formula is C15H29N3O2. The molecule has 116 valence electrons. The topological polar surface area (TPSA) is 69.8 Å². The van der Waals surface area contributed by atoms with Crippen LogP contribution in [0.15, 0.2) is 0 Å². The second-order valence-corrected chi connectivity index (χ2v) is 6.59. The number of piperidine rings is 1. The average molecular weight is 283 g/mol. The number of carbonyl (C=O) groups is 1. The summed E-state index contributed by atoms with van der Waals surface area (Å²) in [5.41, 5.74) is 6.03. The highest BCUT2D eigenvalue weighted by atomic mass is 16.3. The zero-order chi connectivity index (χ0) is 14.6. The molecule has 0 bridgehead atoms. The van der Waals surface area contributed by atoms with Crippen LogP contribution in [0.1, 0.15) is 44.9 Å². The molecule has 0 aromatic carbocycles. The number of amides is 1. The van der Waals surface area contributed by atoms with E-state index < -0.39 is 0 Å². The number of rotatable bonds is 5. The minimum absolute atomic E-state index is 0.0374. The Bertz CT molecular complexity index is 321. The molecule has 5 heteroatoms. The van der Waals surface area contributed by atoms with Crippen LogP contribution in [-0.4, -0.2) is 65.7 Å². The van der Waals surface area contributed by atoms with Gasteiger partial charge in [-0.05, 0) is 45.8 Å². The van der Waals surface area contributed by atoms with Gasteiger partial charge in [0.15, 0.2) is 0 Å². The molecule has 2 fully saturated rings. The van der Waals surface area contributed by atoms with Crippen molar-refractivity contribution in [2.45, 2.75) is 56.5 Å². The van der Waals surface area contributed by atoms with Gasteiger partial charge >= 0.3 is 0 Å². The SMILES string of the molecule is CN1CCC(N(CCO)C(=O)CC2(N)CCCC2)CC1. The quantitative estimate of drug-likeness (QED) is 0.773. The Kier molecular flexibility index (Phi) is 5.41. The average Bonchev–Trinajstić information content (AvgIpc) is 2.83. The van der Waals surface area contributed by atoms with Gasteiger partial charge in [-0.1, -0.05) is 12.8 Å². The summed E-state index contributed by atoms with van der Waals surface area (Å²) in [6.45, 7) is 2.53. The normalized spacial score (nSPS) is 23.9. The molecule has 2 aliphatic rings. The second kappa shape index (κ2) is 6.87. The van der Waals surface area contributed by atoms with Gasteiger partial charge in [0.05, 0.1) is 6.61 Å². The van der Waals surface area contributed by atoms with E-state index in [9.17, 15) is 9.90 Å². The largest absolute Gasteiger partial charge is 0.395 e. The predicted octanol–water partition coefficient (Wildman–Crippen LogP) is 0.563. The molecular weight excluding hydrogens is 254 g/mol. The lowest BCUT2D eigenvalue weighted by atomic mass is 9.93. The van der Waals surface area contributed by atoms with E-state index in [0.29, 0.717) is 13.0 Å². The number of likely N-dealkylation sites (tertiary alicyclic amines) is 1. The summed E-state index contributed by atoms with van der Waals surface area (Å²) in [5.74, 6) is 0.137. The zero-order valence-corrected chi connectivity index (χ0v) is 12.7. The van der Waals surface area contributed by atoms with Gasteiger partial charge in [0.2, 0.25) is 5.91 Å². The number of hydrogen-bond donors (Lipinski definition) is 2. The molecule has 0 unspecified atom stereocenters. The molecule has 20 heavy (non-hydrogen) atoms. The fraction of sp³-hybridized carbons (Fsp3) is 0.933. The summed E-state index contributed by atoms with van der Waals surface area (Å²) in [6, 6.07) is 0.274. The monoisotopic (exact) mass is 283 g/mol. The Morgan fingerprint density at radius 3 is 2.50 bits per heavy atom. The van der Waals surface area contributed by atoms with E-state index in [1.54, 1.807) is 0 Å².